The van der Waals surface area contributed by atoms with E-state index in [1.807, 2.05) is 20.8 Å². The molecule has 0 spiro atoms. The Kier molecular flexibility index (Phi) is 6.46. The minimum atomic E-state index is -4.22. The van der Waals surface area contributed by atoms with E-state index < -0.39 is 12.7 Å². The van der Waals surface area contributed by atoms with Gasteiger partial charge in [0.05, 0.1) is 5.69 Å². The topological polar surface area (TPSA) is 28.2 Å². The summed E-state index contributed by atoms with van der Waals surface area (Å²) in [6, 6.07) is 0.0880. The molecule has 1 rings (SSSR count). The van der Waals surface area contributed by atoms with Crippen LogP contribution in [-0.2, 0) is 13.0 Å². The van der Waals surface area contributed by atoms with Crippen molar-refractivity contribution in [3.8, 4) is 0 Å². The van der Waals surface area contributed by atoms with Gasteiger partial charge in [-0.25, -0.2) is 4.98 Å². The van der Waals surface area contributed by atoms with Gasteiger partial charge >= 0.3 is 6.18 Å². The van der Waals surface area contributed by atoms with Gasteiger partial charge in [-0.3, -0.25) is 0 Å². The van der Waals surface area contributed by atoms with Crippen molar-refractivity contribution in [1.29, 1.82) is 0 Å². The first kappa shape index (κ1) is 18.2. The Hall–Kier alpha value is -0.820. The van der Waals surface area contributed by atoms with E-state index in [0.717, 1.165) is 17.0 Å². The number of alkyl halides is 3. The number of rotatable bonds is 7. The molecule has 1 aromatic heterocycles. The predicted octanol–water partition coefficient (Wildman–Crippen LogP) is 3.98. The van der Waals surface area contributed by atoms with Crippen LogP contribution in [0.5, 0.6) is 0 Å². The third-order valence-electron chi connectivity index (χ3n) is 2.99. The van der Waals surface area contributed by atoms with Crippen LogP contribution in [0, 0.1) is 0 Å². The van der Waals surface area contributed by atoms with Crippen LogP contribution >= 0.6 is 11.3 Å². The Morgan fingerprint density at radius 3 is 2.29 bits per heavy atom. The summed E-state index contributed by atoms with van der Waals surface area (Å²) in [5, 5.41) is 3.75. The average Bonchev–Trinajstić information content (AvgIpc) is 2.75. The molecule has 0 aliphatic heterocycles. The van der Waals surface area contributed by atoms with Crippen LogP contribution in [0.15, 0.2) is 0 Å². The van der Waals surface area contributed by atoms with Crippen LogP contribution in [0.1, 0.15) is 45.2 Å². The van der Waals surface area contributed by atoms with Gasteiger partial charge < -0.3 is 10.2 Å². The van der Waals surface area contributed by atoms with E-state index in [0.29, 0.717) is 17.7 Å². The van der Waals surface area contributed by atoms with Gasteiger partial charge in [0, 0.05) is 23.5 Å². The molecule has 0 radical (unpaired) electrons. The lowest BCUT2D eigenvalue weighted by Gasteiger charge is -2.27. The molecule has 0 bridgehead atoms. The number of thiazole rings is 1. The van der Waals surface area contributed by atoms with Crippen LogP contribution in [0.2, 0.25) is 0 Å². The molecule has 1 heterocycles. The Morgan fingerprint density at radius 1 is 1.24 bits per heavy atom. The monoisotopic (exact) mass is 323 g/mol. The molecule has 0 aliphatic rings. The number of nitrogens with one attached hydrogen (secondary N) is 1. The second-order valence-electron chi connectivity index (χ2n) is 5.59. The first-order valence-electron chi connectivity index (χ1n) is 7.19. The van der Waals surface area contributed by atoms with Crippen LogP contribution in [0.25, 0.3) is 0 Å². The molecule has 122 valence electrons. The standard InChI is InChI=1S/C14H24F3N3S/c1-6-11-12(7-18-9(2)3)21-13(19-11)20(10(4)5)8-14(15,16)17/h9-10,18H,6-8H2,1-5H3. The Balaban J connectivity index is 2.98. The van der Waals surface area contributed by atoms with Gasteiger partial charge in [0.2, 0.25) is 0 Å². The van der Waals surface area contributed by atoms with Gasteiger partial charge in [0.15, 0.2) is 5.13 Å². The number of hydrogen-bond donors (Lipinski definition) is 1. The van der Waals surface area contributed by atoms with E-state index in [1.54, 1.807) is 13.8 Å². The Bertz CT molecular complexity index is 441. The highest BCUT2D eigenvalue weighted by molar-refractivity contribution is 7.15. The molecule has 0 unspecified atom stereocenters. The quantitative estimate of drug-likeness (QED) is 0.822. The molecular weight excluding hydrogens is 299 g/mol. The molecule has 0 aliphatic carbocycles. The number of anilines is 1. The molecule has 1 aromatic rings. The maximum atomic E-state index is 12.7. The van der Waals surface area contributed by atoms with Crippen molar-refractivity contribution in [2.24, 2.45) is 0 Å². The zero-order chi connectivity index (χ0) is 16.2. The third-order valence-corrected chi connectivity index (χ3v) is 4.13. The smallest absolute Gasteiger partial charge is 0.337 e. The van der Waals surface area contributed by atoms with Gasteiger partial charge in [-0.1, -0.05) is 20.8 Å². The van der Waals surface area contributed by atoms with Gasteiger partial charge in [-0.15, -0.1) is 11.3 Å². The molecule has 1 N–H and O–H groups in total. The second kappa shape index (κ2) is 7.45. The summed E-state index contributed by atoms with van der Waals surface area (Å²) < 4.78 is 38.2. The zero-order valence-corrected chi connectivity index (χ0v) is 14.0. The van der Waals surface area contributed by atoms with E-state index in [4.69, 9.17) is 0 Å². The van der Waals surface area contributed by atoms with E-state index in [-0.39, 0.29) is 6.04 Å². The highest BCUT2D eigenvalue weighted by Crippen LogP contribution is 2.30. The lowest BCUT2D eigenvalue weighted by molar-refractivity contribution is -0.120. The number of aryl methyl sites for hydroxylation is 1. The molecule has 3 nitrogen and oxygen atoms in total. The molecule has 0 aromatic carbocycles. The molecule has 7 heteroatoms. The van der Waals surface area contributed by atoms with Gasteiger partial charge in [-0.05, 0) is 20.3 Å². The minimum Gasteiger partial charge on any atom is -0.337 e. The van der Waals surface area contributed by atoms with Crippen molar-refractivity contribution >= 4 is 16.5 Å². The highest BCUT2D eigenvalue weighted by atomic mass is 32.1. The van der Waals surface area contributed by atoms with E-state index >= 15 is 0 Å². The summed E-state index contributed by atoms with van der Waals surface area (Å²) in [7, 11) is 0. The summed E-state index contributed by atoms with van der Waals surface area (Å²) >= 11 is 1.36. The molecule has 0 amide bonds. The summed E-state index contributed by atoms with van der Waals surface area (Å²) in [5.41, 5.74) is 0.885. The van der Waals surface area contributed by atoms with Crippen molar-refractivity contribution < 1.29 is 13.2 Å². The van der Waals surface area contributed by atoms with Crippen molar-refractivity contribution in [2.75, 3.05) is 11.4 Å². The zero-order valence-electron chi connectivity index (χ0n) is 13.2. The fourth-order valence-electron chi connectivity index (χ4n) is 1.87. The SMILES string of the molecule is CCc1nc(N(CC(F)(F)F)C(C)C)sc1CNC(C)C. The van der Waals surface area contributed by atoms with Gasteiger partial charge in [0.1, 0.15) is 6.54 Å². The average molecular weight is 323 g/mol. The van der Waals surface area contributed by atoms with Crippen molar-refractivity contribution in [1.82, 2.24) is 10.3 Å². The molecule has 0 saturated carbocycles. The summed E-state index contributed by atoms with van der Waals surface area (Å²) in [4.78, 5) is 6.76. The lowest BCUT2D eigenvalue weighted by Crippen LogP contribution is -2.39. The van der Waals surface area contributed by atoms with Gasteiger partial charge in [-0.2, -0.15) is 13.2 Å². The first-order chi connectivity index (χ1) is 9.64. The lowest BCUT2D eigenvalue weighted by atomic mass is 10.3. The molecule has 0 saturated heterocycles. The van der Waals surface area contributed by atoms with Crippen LogP contribution in [-0.4, -0.2) is 29.8 Å². The molecule has 0 fully saturated rings. The highest BCUT2D eigenvalue weighted by Gasteiger charge is 2.33. The second-order valence-corrected chi connectivity index (χ2v) is 6.65. The predicted molar refractivity (Wildman–Crippen MR) is 82.0 cm³/mol. The summed E-state index contributed by atoms with van der Waals surface area (Å²) in [6.45, 7) is 9.25. The summed E-state index contributed by atoms with van der Waals surface area (Å²) in [5.74, 6) is 0. The first-order valence-corrected chi connectivity index (χ1v) is 8.01. The fraction of sp³-hybridized carbons (Fsp3) is 0.786. The third kappa shape index (κ3) is 5.82. The van der Waals surface area contributed by atoms with Crippen LogP contribution in [0.3, 0.4) is 0 Å². The van der Waals surface area contributed by atoms with Gasteiger partial charge in [0.25, 0.3) is 0 Å². The maximum Gasteiger partial charge on any atom is 0.406 e. The molecule has 0 atom stereocenters. The maximum absolute atomic E-state index is 12.7. The molecular formula is C14H24F3N3S. The van der Waals surface area contributed by atoms with Crippen molar-refractivity contribution in [3.63, 3.8) is 0 Å². The van der Waals surface area contributed by atoms with Crippen LogP contribution in [0.4, 0.5) is 18.3 Å². The van der Waals surface area contributed by atoms with Crippen molar-refractivity contribution in [2.45, 2.75) is 65.8 Å². The number of nitrogens with zero attached hydrogens (tertiary/aromatic N) is 2. The number of hydrogen-bond acceptors (Lipinski definition) is 4. The Labute approximate surface area is 128 Å². The van der Waals surface area contributed by atoms with E-state index in [2.05, 4.69) is 10.3 Å². The Morgan fingerprint density at radius 2 is 1.86 bits per heavy atom. The number of halogens is 3. The largest absolute Gasteiger partial charge is 0.406 e. The summed E-state index contributed by atoms with van der Waals surface area (Å²) in [6.07, 6.45) is -3.50. The number of aromatic nitrogens is 1. The minimum absolute atomic E-state index is 0.242. The van der Waals surface area contributed by atoms with Crippen LogP contribution < -0.4 is 10.2 Å². The van der Waals surface area contributed by atoms with Crippen molar-refractivity contribution in [3.05, 3.63) is 10.6 Å². The van der Waals surface area contributed by atoms with E-state index in [9.17, 15) is 13.2 Å². The normalized spacial score (nSPS) is 12.5. The van der Waals surface area contributed by atoms with E-state index in [1.165, 1.54) is 16.2 Å². The molecule has 21 heavy (non-hydrogen) atoms. The fourth-order valence-corrected chi connectivity index (χ4v) is 3.10.